The molecule has 0 bridgehead atoms. The van der Waals surface area contributed by atoms with Gasteiger partial charge >= 0.3 is 0 Å². The molecular formula is C22H23IO4S. The molecular weight excluding hydrogens is 487 g/mol. The van der Waals surface area contributed by atoms with Gasteiger partial charge in [-0.1, -0.05) is 76.8 Å². The highest BCUT2D eigenvalue weighted by molar-refractivity contribution is 14.1. The van der Waals surface area contributed by atoms with Crippen molar-refractivity contribution in [3.05, 3.63) is 66.0 Å². The fourth-order valence-corrected chi connectivity index (χ4v) is 4.47. The quantitative estimate of drug-likeness (QED) is 0.417. The number of Topliss-reactive ketones (excluding diaryl/α,β-unsaturated/α-hetero) is 1. The van der Waals surface area contributed by atoms with Crippen LogP contribution in [0.15, 0.2) is 60.4 Å². The Morgan fingerprint density at radius 1 is 1.29 bits per heavy atom. The minimum absolute atomic E-state index is 0.00134. The first-order valence-corrected chi connectivity index (χ1v) is 11.4. The molecule has 1 aromatic rings. The zero-order valence-electron chi connectivity index (χ0n) is 15.6. The van der Waals surface area contributed by atoms with Crippen molar-refractivity contribution in [2.45, 2.75) is 35.0 Å². The topological polar surface area (TPSA) is 63.6 Å². The zero-order valence-corrected chi connectivity index (χ0v) is 18.6. The van der Waals surface area contributed by atoms with Crippen LogP contribution in [0.5, 0.6) is 0 Å². The Labute approximate surface area is 183 Å². The first-order chi connectivity index (χ1) is 13.4. The maximum atomic E-state index is 12.6. The molecule has 1 aromatic carbocycles. The molecule has 1 heterocycles. The summed E-state index contributed by atoms with van der Waals surface area (Å²) in [5.41, 5.74) is 1.69. The minimum atomic E-state index is -0.684. The molecule has 3 rings (SSSR count). The van der Waals surface area contributed by atoms with Crippen molar-refractivity contribution in [3.63, 3.8) is 0 Å². The SMILES string of the molecule is CC(I)C(=O)CCC(O)COC1=CC2SC(=O)C(c3ccccc3)=CC2C=C1. The van der Waals surface area contributed by atoms with Crippen molar-refractivity contribution in [2.75, 3.05) is 6.61 Å². The third-order valence-corrected chi connectivity index (χ3v) is 6.56. The number of alkyl halides is 1. The molecule has 4 nitrogen and oxygen atoms in total. The standard InChI is InChI=1S/C22H23IO4S/c1-14(23)20(25)10-8-17(24)13-27-18-9-7-16-11-19(15-5-3-2-4-6-15)22(26)28-21(16)12-18/h2-7,9,11-12,14,16-17,21,24H,8,10,13H2,1H3. The fraction of sp³-hybridized carbons (Fsp3) is 0.364. The van der Waals surface area contributed by atoms with Crippen molar-refractivity contribution < 1.29 is 19.4 Å². The zero-order chi connectivity index (χ0) is 20.1. The average molecular weight is 510 g/mol. The Kier molecular flexibility index (Phi) is 7.54. The summed E-state index contributed by atoms with van der Waals surface area (Å²) in [7, 11) is 0. The molecule has 28 heavy (non-hydrogen) atoms. The van der Waals surface area contributed by atoms with Crippen LogP contribution >= 0.6 is 34.4 Å². The summed E-state index contributed by atoms with van der Waals surface area (Å²) >= 11 is 3.39. The van der Waals surface area contributed by atoms with Crippen LogP contribution in [0.2, 0.25) is 0 Å². The highest BCUT2D eigenvalue weighted by Crippen LogP contribution is 2.39. The number of hydrogen-bond acceptors (Lipinski definition) is 5. The van der Waals surface area contributed by atoms with Gasteiger partial charge in [-0.15, -0.1) is 0 Å². The molecule has 2 aliphatic rings. The Morgan fingerprint density at radius 3 is 2.75 bits per heavy atom. The summed E-state index contributed by atoms with van der Waals surface area (Å²) in [6, 6.07) is 9.71. The Hall–Kier alpha value is -1.38. The van der Waals surface area contributed by atoms with Gasteiger partial charge in [0, 0.05) is 23.2 Å². The van der Waals surface area contributed by atoms with Gasteiger partial charge in [0.1, 0.15) is 18.1 Å². The van der Waals surface area contributed by atoms with Gasteiger partial charge in [0.15, 0.2) is 0 Å². The maximum Gasteiger partial charge on any atom is 0.220 e. The summed E-state index contributed by atoms with van der Waals surface area (Å²) in [4.78, 5) is 24.2. The third kappa shape index (κ3) is 5.58. The van der Waals surface area contributed by atoms with Gasteiger partial charge in [-0.25, -0.2) is 0 Å². The van der Waals surface area contributed by atoms with Crippen molar-refractivity contribution in [1.82, 2.24) is 0 Å². The molecule has 0 radical (unpaired) electrons. The number of hydrogen-bond donors (Lipinski definition) is 1. The van der Waals surface area contributed by atoms with Gasteiger partial charge in [-0.05, 0) is 31.1 Å². The Bertz CT molecular complexity index is 813. The lowest BCUT2D eigenvalue weighted by atomic mass is 9.94. The first-order valence-electron chi connectivity index (χ1n) is 9.30. The average Bonchev–Trinajstić information content (AvgIpc) is 2.70. The first kappa shape index (κ1) is 21.3. The molecule has 0 aromatic heterocycles. The largest absolute Gasteiger partial charge is 0.491 e. The van der Waals surface area contributed by atoms with E-state index in [1.54, 1.807) is 0 Å². The number of thioether (sulfide) groups is 1. The smallest absolute Gasteiger partial charge is 0.220 e. The highest BCUT2D eigenvalue weighted by atomic mass is 127. The van der Waals surface area contributed by atoms with Gasteiger partial charge < -0.3 is 9.84 Å². The summed E-state index contributed by atoms with van der Waals surface area (Å²) in [6.45, 7) is 1.99. The normalized spacial score (nSPS) is 23.3. The molecule has 1 aliphatic carbocycles. The van der Waals surface area contributed by atoms with Gasteiger partial charge in [0.05, 0.1) is 10.0 Å². The van der Waals surface area contributed by atoms with E-state index in [0.29, 0.717) is 18.6 Å². The van der Waals surface area contributed by atoms with Gasteiger partial charge in [0.25, 0.3) is 0 Å². The molecule has 4 unspecified atom stereocenters. The number of ether oxygens (including phenoxy) is 1. The lowest BCUT2D eigenvalue weighted by Crippen LogP contribution is -2.24. The van der Waals surface area contributed by atoms with Crippen molar-refractivity contribution in [3.8, 4) is 0 Å². The predicted molar refractivity (Wildman–Crippen MR) is 121 cm³/mol. The summed E-state index contributed by atoms with van der Waals surface area (Å²) in [6.07, 6.45) is 7.95. The molecule has 0 saturated carbocycles. The minimum Gasteiger partial charge on any atom is -0.491 e. The number of rotatable bonds is 8. The highest BCUT2D eigenvalue weighted by Gasteiger charge is 2.31. The van der Waals surface area contributed by atoms with Crippen LogP contribution in [0.25, 0.3) is 5.57 Å². The van der Waals surface area contributed by atoms with Crippen molar-refractivity contribution in [1.29, 1.82) is 0 Å². The molecule has 148 valence electrons. The molecule has 0 fully saturated rings. The molecule has 0 amide bonds. The van der Waals surface area contributed by atoms with Crippen LogP contribution in [0.4, 0.5) is 0 Å². The predicted octanol–water partition coefficient (Wildman–Crippen LogP) is 4.33. The summed E-state index contributed by atoms with van der Waals surface area (Å²) in [5.74, 6) is 0.932. The molecule has 0 saturated heterocycles. The van der Waals surface area contributed by atoms with E-state index in [0.717, 1.165) is 11.1 Å². The Balaban J connectivity index is 1.56. The van der Waals surface area contributed by atoms with E-state index in [1.165, 1.54) is 11.8 Å². The number of halogens is 1. The summed E-state index contributed by atoms with van der Waals surface area (Å²) < 4.78 is 5.66. The number of aliphatic hydroxyl groups excluding tert-OH is 1. The number of allylic oxidation sites excluding steroid dienone is 3. The monoisotopic (exact) mass is 510 g/mol. The number of benzene rings is 1. The van der Waals surface area contributed by atoms with Crippen molar-refractivity contribution >= 4 is 50.8 Å². The van der Waals surface area contributed by atoms with E-state index >= 15 is 0 Å². The van der Waals surface area contributed by atoms with Gasteiger partial charge in [-0.3, -0.25) is 9.59 Å². The fourth-order valence-electron chi connectivity index (χ4n) is 3.07. The van der Waals surface area contributed by atoms with E-state index in [4.69, 9.17) is 4.74 Å². The van der Waals surface area contributed by atoms with E-state index in [2.05, 4.69) is 22.6 Å². The second-order valence-electron chi connectivity index (χ2n) is 6.91. The molecule has 1 N–H and O–H groups in total. The molecule has 1 aliphatic heterocycles. The van der Waals surface area contributed by atoms with Gasteiger partial charge in [-0.2, -0.15) is 0 Å². The second kappa shape index (κ2) is 9.89. The van der Waals surface area contributed by atoms with Crippen LogP contribution in [-0.2, 0) is 14.3 Å². The van der Waals surface area contributed by atoms with E-state index in [1.807, 2.05) is 61.6 Å². The van der Waals surface area contributed by atoms with E-state index in [-0.39, 0.29) is 32.6 Å². The number of fused-ring (bicyclic) bond motifs is 1. The number of ketones is 1. The molecule has 6 heteroatoms. The summed E-state index contributed by atoms with van der Waals surface area (Å²) in [5, 5.41) is 10.1. The van der Waals surface area contributed by atoms with Gasteiger partial charge in [0.2, 0.25) is 5.12 Å². The number of carbonyl (C=O) groups is 2. The number of carbonyl (C=O) groups excluding carboxylic acids is 2. The van der Waals surface area contributed by atoms with Crippen LogP contribution in [-0.4, -0.2) is 37.9 Å². The molecule has 0 spiro atoms. The van der Waals surface area contributed by atoms with E-state index in [9.17, 15) is 14.7 Å². The number of aliphatic hydroxyl groups is 1. The molecule has 4 atom stereocenters. The van der Waals surface area contributed by atoms with Crippen molar-refractivity contribution in [2.24, 2.45) is 5.92 Å². The third-order valence-electron chi connectivity index (χ3n) is 4.71. The lowest BCUT2D eigenvalue weighted by molar-refractivity contribution is -0.118. The lowest BCUT2D eigenvalue weighted by Gasteiger charge is -2.28. The second-order valence-corrected chi connectivity index (χ2v) is 9.93. The van der Waals surface area contributed by atoms with E-state index < -0.39 is 6.10 Å². The van der Waals surface area contributed by atoms with Crippen LogP contribution in [0.1, 0.15) is 25.3 Å². The van der Waals surface area contributed by atoms with Crippen LogP contribution in [0.3, 0.4) is 0 Å². The van der Waals surface area contributed by atoms with Crippen LogP contribution < -0.4 is 0 Å². The Morgan fingerprint density at radius 2 is 2.04 bits per heavy atom. The van der Waals surface area contributed by atoms with Crippen LogP contribution in [0, 0.1) is 5.92 Å². The maximum absolute atomic E-state index is 12.6.